The molecule has 2 saturated heterocycles. The summed E-state index contributed by atoms with van der Waals surface area (Å²) < 4.78 is 5.63. The molecule has 0 saturated carbocycles. The first-order valence-corrected chi connectivity index (χ1v) is 6.32. The molecule has 2 fully saturated rings. The van der Waals surface area contributed by atoms with Gasteiger partial charge in [0.25, 0.3) is 5.91 Å². The summed E-state index contributed by atoms with van der Waals surface area (Å²) in [6, 6.07) is -0.647. The van der Waals surface area contributed by atoms with Crippen molar-refractivity contribution in [3.8, 4) is 0 Å². The van der Waals surface area contributed by atoms with Gasteiger partial charge in [-0.2, -0.15) is 0 Å². The van der Waals surface area contributed by atoms with Crippen LogP contribution in [0.2, 0.25) is 0 Å². The highest BCUT2D eigenvalue weighted by molar-refractivity contribution is 5.87. The van der Waals surface area contributed by atoms with Crippen LogP contribution >= 0.6 is 0 Å². The molecular weight excluding hydrogens is 222 g/mol. The van der Waals surface area contributed by atoms with Gasteiger partial charge in [0, 0.05) is 6.54 Å². The number of carbonyl (C=O) groups is 2. The molecule has 0 bridgehead atoms. The zero-order valence-electron chi connectivity index (χ0n) is 10.1. The van der Waals surface area contributed by atoms with Gasteiger partial charge >= 0.3 is 5.97 Å². The number of nitrogens with zero attached hydrogens (tertiary/aromatic N) is 1. The van der Waals surface area contributed by atoms with E-state index in [1.807, 2.05) is 6.92 Å². The third-order valence-electron chi connectivity index (χ3n) is 3.66. The van der Waals surface area contributed by atoms with Gasteiger partial charge in [-0.3, -0.25) is 4.79 Å². The summed E-state index contributed by atoms with van der Waals surface area (Å²) in [5.74, 6) is -1.04. The monoisotopic (exact) mass is 241 g/mol. The zero-order valence-corrected chi connectivity index (χ0v) is 10.1. The molecule has 2 heterocycles. The summed E-state index contributed by atoms with van der Waals surface area (Å²) in [5.41, 5.74) is 0. The van der Waals surface area contributed by atoms with Crippen molar-refractivity contribution in [1.82, 2.24) is 4.90 Å². The van der Waals surface area contributed by atoms with Gasteiger partial charge in [0.2, 0.25) is 0 Å². The third kappa shape index (κ3) is 2.44. The van der Waals surface area contributed by atoms with Gasteiger partial charge < -0.3 is 14.7 Å². The smallest absolute Gasteiger partial charge is 0.326 e. The van der Waals surface area contributed by atoms with Crippen LogP contribution in [0.25, 0.3) is 0 Å². The number of hydrogen-bond donors (Lipinski definition) is 1. The first-order chi connectivity index (χ1) is 8.13. The van der Waals surface area contributed by atoms with E-state index in [4.69, 9.17) is 9.84 Å². The van der Waals surface area contributed by atoms with Crippen LogP contribution in [-0.4, -0.2) is 46.7 Å². The molecule has 0 aromatic rings. The van der Waals surface area contributed by atoms with Gasteiger partial charge in [-0.1, -0.05) is 6.92 Å². The molecule has 96 valence electrons. The van der Waals surface area contributed by atoms with Gasteiger partial charge in [-0.05, 0) is 32.1 Å². The standard InChI is InChI=1S/C12H19NO4/c1-2-8-5-6-10(17-8)11(14)13-7-3-4-9(13)12(15)16/h8-10H,2-7H2,1H3,(H,15,16)/t8?,9-,10?/m1/s1. The summed E-state index contributed by atoms with van der Waals surface area (Å²) in [4.78, 5) is 24.7. The van der Waals surface area contributed by atoms with E-state index in [0.29, 0.717) is 13.0 Å². The highest BCUT2D eigenvalue weighted by Gasteiger charge is 2.39. The largest absolute Gasteiger partial charge is 0.480 e. The van der Waals surface area contributed by atoms with E-state index in [9.17, 15) is 9.59 Å². The summed E-state index contributed by atoms with van der Waals surface area (Å²) in [5, 5.41) is 9.04. The second kappa shape index (κ2) is 5.04. The van der Waals surface area contributed by atoms with E-state index in [2.05, 4.69) is 0 Å². The summed E-state index contributed by atoms with van der Waals surface area (Å²) in [6.07, 6.45) is 3.61. The SMILES string of the molecule is CCC1CCC(C(=O)N2CCC[C@@H]2C(=O)O)O1. The van der Waals surface area contributed by atoms with Crippen molar-refractivity contribution in [3.05, 3.63) is 0 Å². The van der Waals surface area contributed by atoms with Gasteiger partial charge in [0.15, 0.2) is 0 Å². The van der Waals surface area contributed by atoms with Gasteiger partial charge in [-0.25, -0.2) is 4.79 Å². The second-order valence-corrected chi connectivity index (χ2v) is 4.76. The fourth-order valence-electron chi connectivity index (χ4n) is 2.66. The minimum atomic E-state index is -0.902. The Bertz CT molecular complexity index is 318. The summed E-state index contributed by atoms with van der Waals surface area (Å²) in [7, 11) is 0. The predicted octanol–water partition coefficient (Wildman–Crippen LogP) is 1.02. The molecule has 2 aliphatic rings. The fourth-order valence-corrected chi connectivity index (χ4v) is 2.66. The molecule has 0 aliphatic carbocycles. The Morgan fingerprint density at radius 3 is 2.71 bits per heavy atom. The van der Waals surface area contributed by atoms with Crippen molar-refractivity contribution in [3.63, 3.8) is 0 Å². The number of aliphatic carboxylic acids is 1. The lowest BCUT2D eigenvalue weighted by Gasteiger charge is -2.24. The zero-order chi connectivity index (χ0) is 12.4. The first-order valence-electron chi connectivity index (χ1n) is 6.32. The van der Waals surface area contributed by atoms with Crippen LogP contribution in [0.4, 0.5) is 0 Å². The average molecular weight is 241 g/mol. The highest BCUT2D eigenvalue weighted by atomic mass is 16.5. The Morgan fingerprint density at radius 1 is 1.35 bits per heavy atom. The third-order valence-corrected chi connectivity index (χ3v) is 3.66. The van der Waals surface area contributed by atoms with Crippen molar-refractivity contribution in [2.45, 2.75) is 57.3 Å². The van der Waals surface area contributed by atoms with E-state index < -0.39 is 18.1 Å². The molecule has 3 atom stereocenters. The Balaban J connectivity index is 1.98. The van der Waals surface area contributed by atoms with Crippen molar-refractivity contribution >= 4 is 11.9 Å². The van der Waals surface area contributed by atoms with E-state index in [1.54, 1.807) is 0 Å². The Kier molecular flexibility index (Phi) is 3.66. The van der Waals surface area contributed by atoms with E-state index in [0.717, 1.165) is 25.7 Å². The molecule has 17 heavy (non-hydrogen) atoms. The highest BCUT2D eigenvalue weighted by Crippen LogP contribution is 2.26. The molecule has 2 aliphatic heterocycles. The molecule has 2 unspecified atom stereocenters. The molecule has 1 amide bonds. The fraction of sp³-hybridized carbons (Fsp3) is 0.833. The predicted molar refractivity (Wildman–Crippen MR) is 60.6 cm³/mol. The molecule has 2 rings (SSSR count). The van der Waals surface area contributed by atoms with E-state index in [-0.39, 0.29) is 12.0 Å². The maximum atomic E-state index is 12.2. The minimum Gasteiger partial charge on any atom is -0.480 e. The maximum Gasteiger partial charge on any atom is 0.326 e. The van der Waals surface area contributed by atoms with Crippen LogP contribution in [0, 0.1) is 0 Å². The number of amides is 1. The van der Waals surface area contributed by atoms with Crippen molar-refractivity contribution < 1.29 is 19.4 Å². The minimum absolute atomic E-state index is 0.133. The molecule has 0 spiro atoms. The molecule has 0 aromatic heterocycles. The van der Waals surface area contributed by atoms with Crippen LogP contribution in [-0.2, 0) is 14.3 Å². The van der Waals surface area contributed by atoms with Gasteiger partial charge in [-0.15, -0.1) is 0 Å². The lowest BCUT2D eigenvalue weighted by Crippen LogP contribution is -2.45. The lowest BCUT2D eigenvalue weighted by atomic mass is 10.1. The van der Waals surface area contributed by atoms with Crippen LogP contribution in [0.15, 0.2) is 0 Å². The summed E-state index contributed by atoms with van der Waals surface area (Å²) >= 11 is 0. The van der Waals surface area contributed by atoms with Crippen molar-refractivity contribution in [2.24, 2.45) is 0 Å². The normalized spacial score (nSPS) is 33.0. The number of ether oxygens (including phenoxy) is 1. The molecule has 5 nitrogen and oxygen atoms in total. The quantitative estimate of drug-likeness (QED) is 0.801. The lowest BCUT2D eigenvalue weighted by molar-refractivity contribution is -0.153. The molecule has 0 radical (unpaired) electrons. The van der Waals surface area contributed by atoms with E-state index >= 15 is 0 Å². The number of carboxylic acids is 1. The Hall–Kier alpha value is -1.10. The van der Waals surface area contributed by atoms with Crippen LogP contribution < -0.4 is 0 Å². The molecular formula is C12H19NO4. The van der Waals surface area contributed by atoms with Crippen LogP contribution in [0.1, 0.15) is 39.0 Å². The molecule has 1 N–H and O–H groups in total. The maximum absolute atomic E-state index is 12.2. The first kappa shape index (κ1) is 12.4. The van der Waals surface area contributed by atoms with Gasteiger partial charge in [0.05, 0.1) is 6.10 Å². The number of hydrogen-bond acceptors (Lipinski definition) is 3. The van der Waals surface area contributed by atoms with Gasteiger partial charge in [0.1, 0.15) is 12.1 Å². The number of likely N-dealkylation sites (tertiary alicyclic amines) is 1. The Labute approximate surface area is 101 Å². The average Bonchev–Trinajstić information content (AvgIpc) is 2.97. The number of carbonyl (C=O) groups excluding carboxylic acids is 1. The van der Waals surface area contributed by atoms with Crippen LogP contribution in [0.5, 0.6) is 0 Å². The topological polar surface area (TPSA) is 66.8 Å². The Morgan fingerprint density at radius 2 is 2.12 bits per heavy atom. The van der Waals surface area contributed by atoms with E-state index in [1.165, 1.54) is 4.90 Å². The second-order valence-electron chi connectivity index (χ2n) is 4.76. The number of rotatable bonds is 3. The summed E-state index contributed by atoms with van der Waals surface area (Å²) in [6.45, 7) is 2.58. The van der Waals surface area contributed by atoms with Crippen molar-refractivity contribution in [1.29, 1.82) is 0 Å². The van der Waals surface area contributed by atoms with Crippen LogP contribution in [0.3, 0.4) is 0 Å². The molecule has 0 aromatic carbocycles. The molecule has 5 heteroatoms. The van der Waals surface area contributed by atoms with Crippen molar-refractivity contribution in [2.75, 3.05) is 6.54 Å². The number of carboxylic acid groups (broad SMARTS) is 1.